The highest BCUT2D eigenvalue weighted by Crippen LogP contribution is 2.26. The minimum atomic E-state index is -0.164. The van der Waals surface area contributed by atoms with E-state index in [2.05, 4.69) is 41.2 Å². The first-order chi connectivity index (χ1) is 10.4. The molecule has 1 aliphatic rings. The molecule has 118 valence electrons. The van der Waals surface area contributed by atoms with Gasteiger partial charge in [0.2, 0.25) is 0 Å². The maximum Gasteiger partial charge on any atom is 0.272 e. The summed E-state index contributed by atoms with van der Waals surface area (Å²) in [5.41, 5.74) is 0.802. The predicted molar refractivity (Wildman–Crippen MR) is 88.8 cm³/mol. The van der Waals surface area contributed by atoms with Crippen LogP contribution in [0.3, 0.4) is 0 Å². The van der Waals surface area contributed by atoms with Crippen molar-refractivity contribution >= 4 is 22.3 Å². The van der Waals surface area contributed by atoms with Crippen molar-refractivity contribution < 1.29 is 4.74 Å². The van der Waals surface area contributed by atoms with Crippen LogP contribution in [0.4, 0.5) is 11.5 Å². The molecule has 1 aromatic carbocycles. The number of rotatable bonds is 2. The third-order valence-corrected chi connectivity index (χ3v) is 3.64. The van der Waals surface area contributed by atoms with Gasteiger partial charge in [-0.2, -0.15) is 5.10 Å². The Labute approximate surface area is 129 Å². The number of fused-ring (bicyclic) bond motifs is 1. The SMILES string of the molecule is CC(C)(C)Nc1n[nH]c(=O)c2ccc(N3CCOCC3)cc12. The number of aromatic nitrogens is 2. The lowest BCUT2D eigenvalue weighted by atomic mass is 10.1. The van der Waals surface area contributed by atoms with E-state index in [-0.39, 0.29) is 11.1 Å². The Kier molecular flexibility index (Phi) is 3.78. The van der Waals surface area contributed by atoms with Crippen LogP contribution in [0.15, 0.2) is 23.0 Å². The van der Waals surface area contributed by atoms with Crippen LogP contribution in [0, 0.1) is 0 Å². The summed E-state index contributed by atoms with van der Waals surface area (Å²) >= 11 is 0. The van der Waals surface area contributed by atoms with Gasteiger partial charge in [0.05, 0.1) is 18.6 Å². The van der Waals surface area contributed by atoms with E-state index in [9.17, 15) is 4.79 Å². The van der Waals surface area contributed by atoms with Crippen LogP contribution in [0.5, 0.6) is 0 Å². The first kappa shape index (κ1) is 14.8. The summed E-state index contributed by atoms with van der Waals surface area (Å²) in [7, 11) is 0. The molecule has 0 radical (unpaired) electrons. The van der Waals surface area contributed by atoms with Crippen LogP contribution in [0.2, 0.25) is 0 Å². The number of benzene rings is 1. The van der Waals surface area contributed by atoms with Gasteiger partial charge < -0.3 is 15.0 Å². The lowest BCUT2D eigenvalue weighted by Gasteiger charge is -2.29. The van der Waals surface area contributed by atoms with Crippen LogP contribution in [0.25, 0.3) is 10.8 Å². The van der Waals surface area contributed by atoms with Crippen molar-refractivity contribution in [2.75, 3.05) is 36.5 Å². The van der Waals surface area contributed by atoms with Crippen LogP contribution >= 0.6 is 0 Å². The predicted octanol–water partition coefficient (Wildman–Crippen LogP) is 1.97. The Hall–Kier alpha value is -2.08. The Morgan fingerprint density at radius 3 is 2.64 bits per heavy atom. The third-order valence-electron chi connectivity index (χ3n) is 3.64. The lowest BCUT2D eigenvalue weighted by Crippen LogP contribution is -2.36. The summed E-state index contributed by atoms with van der Waals surface area (Å²) in [4.78, 5) is 14.3. The summed E-state index contributed by atoms with van der Waals surface area (Å²) in [5.74, 6) is 0.706. The Morgan fingerprint density at radius 2 is 1.95 bits per heavy atom. The molecule has 1 fully saturated rings. The number of nitrogens with one attached hydrogen (secondary N) is 2. The topological polar surface area (TPSA) is 70.2 Å². The molecule has 1 aliphatic heterocycles. The maximum absolute atomic E-state index is 12.0. The molecular weight excluding hydrogens is 280 g/mol. The zero-order chi connectivity index (χ0) is 15.7. The van der Waals surface area contributed by atoms with Crippen LogP contribution in [0.1, 0.15) is 20.8 Å². The molecule has 6 heteroatoms. The molecule has 0 saturated carbocycles. The van der Waals surface area contributed by atoms with Gasteiger partial charge in [-0.05, 0) is 39.0 Å². The van der Waals surface area contributed by atoms with Gasteiger partial charge in [-0.3, -0.25) is 4.79 Å². The molecule has 0 unspecified atom stereocenters. The largest absolute Gasteiger partial charge is 0.378 e. The monoisotopic (exact) mass is 302 g/mol. The fraction of sp³-hybridized carbons (Fsp3) is 0.500. The summed E-state index contributed by atoms with van der Waals surface area (Å²) in [6, 6.07) is 5.90. The summed E-state index contributed by atoms with van der Waals surface area (Å²) < 4.78 is 5.40. The zero-order valence-electron chi connectivity index (χ0n) is 13.3. The Balaban J connectivity index is 2.07. The van der Waals surface area contributed by atoms with E-state index < -0.39 is 0 Å². The van der Waals surface area contributed by atoms with Crippen molar-refractivity contribution in [2.24, 2.45) is 0 Å². The van der Waals surface area contributed by atoms with Crippen molar-refractivity contribution in [3.05, 3.63) is 28.6 Å². The molecule has 0 aliphatic carbocycles. The minimum absolute atomic E-state index is 0.132. The van der Waals surface area contributed by atoms with E-state index in [1.54, 1.807) is 0 Å². The second-order valence-corrected chi connectivity index (χ2v) is 6.61. The fourth-order valence-corrected chi connectivity index (χ4v) is 2.62. The van der Waals surface area contributed by atoms with Gasteiger partial charge in [0.15, 0.2) is 5.82 Å². The second kappa shape index (κ2) is 5.61. The molecule has 22 heavy (non-hydrogen) atoms. The second-order valence-electron chi connectivity index (χ2n) is 6.61. The number of H-pyrrole nitrogens is 1. The van der Waals surface area contributed by atoms with Crippen molar-refractivity contribution in [3.8, 4) is 0 Å². The highest BCUT2D eigenvalue weighted by atomic mass is 16.5. The molecule has 2 N–H and O–H groups in total. The number of hydrogen-bond donors (Lipinski definition) is 2. The van der Waals surface area contributed by atoms with E-state index in [0.717, 1.165) is 37.4 Å². The summed E-state index contributed by atoms with van der Waals surface area (Å²) in [5, 5.41) is 11.6. The van der Waals surface area contributed by atoms with E-state index in [1.165, 1.54) is 0 Å². The van der Waals surface area contributed by atoms with Gasteiger partial charge in [0, 0.05) is 29.7 Å². The van der Waals surface area contributed by atoms with Gasteiger partial charge in [0.25, 0.3) is 5.56 Å². The van der Waals surface area contributed by atoms with E-state index in [0.29, 0.717) is 11.2 Å². The zero-order valence-corrected chi connectivity index (χ0v) is 13.3. The normalized spacial score (nSPS) is 16.0. The average Bonchev–Trinajstić information content (AvgIpc) is 2.50. The average molecular weight is 302 g/mol. The molecule has 0 spiro atoms. The van der Waals surface area contributed by atoms with Gasteiger partial charge >= 0.3 is 0 Å². The molecule has 2 heterocycles. The first-order valence-corrected chi connectivity index (χ1v) is 7.57. The van der Waals surface area contributed by atoms with Gasteiger partial charge in [-0.25, -0.2) is 5.10 Å². The number of aromatic amines is 1. The summed E-state index contributed by atoms with van der Waals surface area (Å²) in [6.07, 6.45) is 0. The number of nitrogens with zero attached hydrogens (tertiary/aromatic N) is 2. The number of anilines is 2. The molecule has 6 nitrogen and oxygen atoms in total. The van der Waals surface area contributed by atoms with Crippen LogP contribution in [-0.4, -0.2) is 42.0 Å². The highest BCUT2D eigenvalue weighted by Gasteiger charge is 2.16. The van der Waals surface area contributed by atoms with Crippen LogP contribution in [-0.2, 0) is 4.74 Å². The van der Waals surface area contributed by atoms with Crippen molar-refractivity contribution in [1.29, 1.82) is 0 Å². The smallest absolute Gasteiger partial charge is 0.272 e. The van der Waals surface area contributed by atoms with Crippen molar-refractivity contribution in [2.45, 2.75) is 26.3 Å². The number of ether oxygens (including phenoxy) is 1. The standard InChI is InChI=1S/C16H22N4O2/c1-16(2,3)17-14-13-10-11(20-6-8-22-9-7-20)4-5-12(13)15(21)19-18-14/h4-5,10H,6-9H2,1-3H3,(H,17,18)(H,19,21). The van der Waals surface area contributed by atoms with Crippen molar-refractivity contribution in [3.63, 3.8) is 0 Å². The third kappa shape index (κ3) is 3.06. The lowest BCUT2D eigenvalue weighted by molar-refractivity contribution is 0.122. The molecule has 0 bridgehead atoms. The van der Waals surface area contributed by atoms with Crippen molar-refractivity contribution in [1.82, 2.24) is 10.2 Å². The molecule has 2 aromatic rings. The molecule has 0 amide bonds. The number of hydrogen-bond acceptors (Lipinski definition) is 5. The van der Waals surface area contributed by atoms with E-state index in [1.807, 2.05) is 18.2 Å². The van der Waals surface area contributed by atoms with Gasteiger partial charge in [-0.15, -0.1) is 0 Å². The molecule has 1 saturated heterocycles. The van der Waals surface area contributed by atoms with Gasteiger partial charge in [-0.1, -0.05) is 0 Å². The quantitative estimate of drug-likeness (QED) is 0.887. The molecular formula is C16H22N4O2. The molecule has 3 rings (SSSR count). The van der Waals surface area contributed by atoms with Gasteiger partial charge in [0.1, 0.15) is 0 Å². The van der Waals surface area contributed by atoms with Crippen LogP contribution < -0.4 is 15.8 Å². The maximum atomic E-state index is 12.0. The molecule has 1 aromatic heterocycles. The molecule has 0 atom stereocenters. The highest BCUT2D eigenvalue weighted by molar-refractivity contribution is 5.93. The minimum Gasteiger partial charge on any atom is -0.378 e. The number of morpholine rings is 1. The fourth-order valence-electron chi connectivity index (χ4n) is 2.62. The Morgan fingerprint density at radius 1 is 1.23 bits per heavy atom. The first-order valence-electron chi connectivity index (χ1n) is 7.57. The van der Waals surface area contributed by atoms with E-state index >= 15 is 0 Å². The summed E-state index contributed by atoms with van der Waals surface area (Å²) in [6.45, 7) is 9.40. The van der Waals surface area contributed by atoms with E-state index in [4.69, 9.17) is 4.74 Å². The Bertz CT molecular complexity index is 727.